The molecular formula is C9H12O5. The van der Waals surface area contributed by atoms with Gasteiger partial charge in [-0.3, -0.25) is 4.79 Å². The van der Waals surface area contributed by atoms with Gasteiger partial charge < -0.3 is 14.9 Å². The van der Waals surface area contributed by atoms with Crippen LogP contribution in [0, 0.1) is 0 Å². The minimum absolute atomic E-state index is 0.0806. The van der Waals surface area contributed by atoms with Gasteiger partial charge in [-0.15, -0.1) is 0 Å². The Morgan fingerprint density at radius 3 is 2.50 bits per heavy atom. The van der Waals surface area contributed by atoms with Crippen molar-refractivity contribution >= 4 is 11.9 Å². The zero-order valence-corrected chi connectivity index (χ0v) is 8.03. The van der Waals surface area contributed by atoms with Gasteiger partial charge in [-0.25, -0.2) is 4.79 Å². The van der Waals surface area contributed by atoms with Gasteiger partial charge in [0, 0.05) is 12.8 Å². The van der Waals surface area contributed by atoms with E-state index in [0.717, 1.165) is 0 Å². The van der Waals surface area contributed by atoms with Gasteiger partial charge in [-0.1, -0.05) is 0 Å². The summed E-state index contributed by atoms with van der Waals surface area (Å²) in [6.07, 6.45) is -0.0711. The highest BCUT2D eigenvalue weighted by Crippen LogP contribution is 2.34. The number of cyclic esters (lactones) is 1. The fourth-order valence-corrected chi connectivity index (χ4v) is 1.34. The van der Waals surface area contributed by atoms with Crippen molar-refractivity contribution in [2.45, 2.75) is 32.3 Å². The molecule has 1 aliphatic heterocycles. The molecule has 0 aromatic heterocycles. The lowest BCUT2D eigenvalue weighted by molar-refractivity contribution is -0.150. The molecule has 0 aromatic rings. The number of esters is 1. The van der Waals surface area contributed by atoms with Crippen molar-refractivity contribution in [3.63, 3.8) is 0 Å². The predicted molar refractivity (Wildman–Crippen MR) is 46.7 cm³/mol. The number of carbonyl (C=O) groups excluding carboxylic acids is 1. The van der Waals surface area contributed by atoms with Gasteiger partial charge in [-0.2, -0.15) is 0 Å². The summed E-state index contributed by atoms with van der Waals surface area (Å²) in [5, 5.41) is 18.0. The Bertz CT molecular complexity index is 317. The molecule has 0 saturated heterocycles. The summed E-state index contributed by atoms with van der Waals surface area (Å²) in [5.41, 5.74) is -1.02. The van der Waals surface area contributed by atoms with Gasteiger partial charge in [-0.05, 0) is 13.8 Å². The van der Waals surface area contributed by atoms with E-state index in [1.54, 1.807) is 0 Å². The SMILES string of the molecule is CC1=C(O)[C@](C)(CCC(=O)O)OC1=O. The minimum Gasteiger partial charge on any atom is -0.507 e. The fourth-order valence-electron chi connectivity index (χ4n) is 1.34. The van der Waals surface area contributed by atoms with Crippen molar-refractivity contribution in [3.05, 3.63) is 11.3 Å². The van der Waals surface area contributed by atoms with E-state index < -0.39 is 17.5 Å². The predicted octanol–water partition coefficient (Wildman–Crippen LogP) is 0.999. The molecule has 1 rings (SSSR count). The van der Waals surface area contributed by atoms with Gasteiger partial charge in [0.15, 0.2) is 5.60 Å². The Morgan fingerprint density at radius 1 is 1.57 bits per heavy atom. The molecule has 2 N–H and O–H groups in total. The van der Waals surface area contributed by atoms with E-state index >= 15 is 0 Å². The number of carboxylic acid groups (broad SMARTS) is 1. The lowest BCUT2D eigenvalue weighted by Crippen LogP contribution is -2.28. The Morgan fingerprint density at radius 2 is 2.14 bits per heavy atom. The molecule has 0 saturated carbocycles. The Balaban J connectivity index is 2.78. The van der Waals surface area contributed by atoms with E-state index in [0.29, 0.717) is 0 Å². The van der Waals surface area contributed by atoms with E-state index in [-0.39, 0.29) is 24.2 Å². The fraction of sp³-hybridized carbons (Fsp3) is 0.556. The number of hydrogen-bond donors (Lipinski definition) is 2. The minimum atomic E-state index is -1.17. The molecule has 0 bridgehead atoms. The van der Waals surface area contributed by atoms with Crippen LogP contribution in [0.1, 0.15) is 26.7 Å². The summed E-state index contributed by atoms with van der Waals surface area (Å²) in [5.74, 6) is -1.74. The van der Waals surface area contributed by atoms with Crippen LogP contribution < -0.4 is 0 Å². The molecule has 5 heteroatoms. The number of hydrogen-bond acceptors (Lipinski definition) is 4. The topological polar surface area (TPSA) is 83.8 Å². The van der Waals surface area contributed by atoms with Crippen LogP contribution in [-0.4, -0.2) is 27.8 Å². The maximum absolute atomic E-state index is 11.1. The van der Waals surface area contributed by atoms with Gasteiger partial charge in [0.1, 0.15) is 5.76 Å². The highest BCUT2D eigenvalue weighted by atomic mass is 16.6. The van der Waals surface area contributed by atoms with Crippen molar-refractivity contribution in [3.8, 4) is 0 Å². The van der Waals surface area contributed by atoms with Crippen LogP contribution in [0.5, 0.6) is 0 Å². The summed E-state index contributed by atoms with van der Waals surface area (Å²) < 4.78 is 4.90. The van der Waals surface area contributed by atoms with Gasteiger partial charge >= 0.3 is 11.9 Å². The van der Waals surface area contributed by atoms with Gasteiger partial charge in [0.25, 0.3) is 0 Å². The highest BCUT2D eigenvalue weighted by Gasteiger charge is 2.42. The number of aliphatic carboxylic acids is 1. The first-order valence-corrected chi connectivity index (χ1v) is 4.22. The number of aliphatic hydroxyl groups excluding tert-OH is 1. The molecule has 1 aliphatic rings. The molecule has 1 heterocycles. The summed E-state index contributed by atoms with van der Waals surface area (Å²) in [7, 11) is 0. The summed E-state index contributed by atoms with van der Waals surface area (Å²) in [6, 6.07) is 0. The molecule has 0 spiro atoms. The first-order valence-electron chi connectivity index (χ1n) is 4.22. The van der Waals surface area contributed by atoms with Crippen LogP contribution in [-0.2, 0) is 14.3 Å². The molecule has 1 atom stereocenters. The van der Waals surface area contributed by atoms with Crippen LogP contribution >= 0.6 is 0 Å². The van der Waals surface area contributed by atoms with Crippen molar-refractivity contribution in [2.75, 3.05) is 0 Å². The van der Waals surface area contributed by atoms with Crippen LogP contribution in [0.25, 0.3) is 0 Å². The third-order valence-electron chi connectivity index (χ3n) is 2.30. The molecule has 0 aromatic carbocycles. The van der Waals surface area contributed by atoms with Crippen LogP contribution in [0.3, 0.4) is 0 Å². The van der Waals surface area contributed by atoms with E-state index in [1.165, 1.54) is 13.8 Å². The zero-order valence-electron chi connectivity index (χ0n) is 8.03. The second-order valence-corrected chi connectivity index (χ2v) is 3.49. The Hall–Kier alpha value is -1.52. The van der Waals surface area contributed by atoms with E-state index in [2.05, 4.69) is 0 Å². The molecule has 0 aliphatic carbocycles. The average molecular weight is 200 g/mol. The monoisotopic (exact) mass is 200 g/mol. The third-order valence-corrected chi connectivity index (χ3v) is 2.30. The summed E-state index contributed by atoms with van der Waals surface area (Å²) >= 11 is 0. The molecule has 5 nitrogen and oxygen atoms in total. The Kier molecular flexibility index (Phi) is 2.51. The molecule has 0 unspecified atom stereocenters. The maximum Gasteiger partial charge on any atom is 0.338 e. The zero-order chi connectivity index (χ0) is 10.9. The molecule has 78 valence electrons. The van der Waals surface area contributed by atoms with Crippen molar-refractivity contribution < 1.29 is 24.5 Å². The van der Waals surface area contributed by atoms with Crippen LogP contribution in [0.2, 0.25) is 0 Å². The standard InChI is InChI=1S/C9H12O5/c1-5-7(12)9(2,14-8(5)13)4-3-6(10)11/h12H,3-4H2,1-2H3,(H,10,11)/t9-/m0/s1. The summed E-state index contributed by atoms with van der Waals surface area (Å²) in [4.78, 5) is 21.4. The third kappa shape index (κ3) is 1.71. The lowest BCUT2D eigenvalue weighted by Gasteiger charge is -2.22. The van der Waals surface area contributed by atoms with E-state index in [9.17, 15) is 14.7 Å². The number of carbonyl (C=O) groups is 2. The largest absolute Gasteiger partial charge is 0.507 e. The quantitative estimate of drug-likeness (QED) is 0.664. The summed E-state index contributed by atoms with van der Waals surface area (Å²) in [6.45, 7) is 2.95. The lowest BCUT2D eigenvalue weighted by atomic mass is 9.97. The van der Waals surface area contributed by atoms with E-state index in [1.807, 2.05) is 0 Å². The van der Waals surface area contributed by atoms with Crippen molar-refractivity contribution in [1.82, 2.24) is 0 Å². The number of aliphatic hydroxyl groups is 1. The number of rotatable bonds is 3. The second-order valence-electron chi connectivity index (χ2n) is 3.49. The normalized spacial score (nSPS) is 26.6. The van der Waals surface area contributed by atoms with E-state index in [4.69, 9.17) is 9.84 Å². The first-order chi connectivity index (χ1) is 6.37. The average Bonchev–Trinajstić information content (AvgIpc) is 2.28. The maximum atomic E-state index is 11.1. The first kappa shape index (κ1) is 10.6. The van der Waals surface area contributed by atoms with Crippen LogP contribution in [0.15, 0.2) is 11.3 Å². The van der Waals surface area contributed by atoms with Crippen molar-refractivity contribution in [1.29, 1.82) is 0 Å². The molecular weight excluding hydrogens is 188 g/mol. The van der Waals surface area contributed by atoms with Crippen LogP contribution in [0.4, 0.5) is 0 Å². The highest BCUT2D eigenvalue weighted by molar-refractivity contribution is 5.91. The van der Waals surface area contributed by atoms with Gasteiger partial charge in [0.2, 0.25) is 0 Å². The Labute approximate surface area is 81.0 Å². The number of carboxylic acids is 1. The molecule has 0 amide bonds. The molecule has 0 fully saturated rings. The molecule has 14 heavy (non-hydrogen) atoms. The number of ether oxygens (including phenoxy) is 1. The van der Waals surface area contributed by atoms with Crippen molar-refractivity contribution in [2.24, 2.45) is 0 Å². The second kappa shape index (κ2) is 3.32. The molecule has 0 radical (unpaired) electrons. The van der Waals surface area contributed by atoms with Gasteiger partial charge in [0.05, 0.1) is 5.57 Å². The smallest absolute Gasteiger partial charge is 0.338 e.